The van der Waals surface area contributed by atoms with E-state index in [2.05, 4.69) is 60.8 Å². The smallest absolute Gasteiger partial charge is 0.335 e. The van der Waals surface area contributed by atoms with Gasteiger partial charge in [-0.15, -0.1) is 0 Å². The first kappa shape index (κ1) is 22.2. The third-order valence-electron chi connectivity index (χ3n) is 6.91. The number of hydrogen-bond donors (Lipinski definition) is 2. The zero-order valence-corrected chi connectivity index (χ0v) is 19.5. The SMILES string of the molecule is Cc1cc([C@@H]2C[C@H](CN[C@H](C)c3cccc4ccccc34)Oc3ccccc32)ccc1C(=O)O. The van der Waals surface area contributed by atoms with Crippen molar-refractivity contribution in [2.24, 2.45) is 0 Å². The molecule has 0 saturated heterocycles. The van der Waals surface area contributed by atoms with Gasteiger partial charge >= 0.3 is 5.97 Å². The van der Waals surface area contributed by atoms with Gasteiger partial charge in [0.2, 0.25) is 0 Å². The lowest BCUT2D eigenvalue weighted by atomic mass is 9.83. The van der Waals surface area contributed by atoms with Gasteiger partial charge in [0.05, 0.1) is 5.56 Å². The van der Waals surface area contributed by atoms with Crippen molar-refractivity contribution < 1.29 is 14.6 Å². The molecule has 4 heteroatoms. The maximum atomic E-state index is 11.5. The van der Waals surface area contributed by atoms with Crippen molar-refractivity contribution in [2.45, 2.75) is 38.3 Å². The van der Waals surface area contributed by atoms with Crippen LogP contribution in [0.15, 0.2) is 84.9 Å². The Kier molecular flexibility index (Phi) is 6.08. The molecule has 2 N–H and O–H groups in total. The van der Waals surface area contributed by atoms with Gasteiger partial charge in [-0.05, 0) is 59.9 Å². The molecule has 0 unspecified atom stereocenters. The number of hydrogen-bond acceptors (Lipinski definition) is 3. The van der Waals surface area contributed by atoms with E-state index in [9.17, 15) is 9.90 Å². The van der Waals surface area contributed by atoms with E-state index in [1.807, 2.05) is 37.3 Å². The first-order valence-corrected chi connectivity index (χ1v) is 11.8. The number of para-hydroxylation sites is 1. The van der Waals surface area contributed by atoms with Crippen LogP contribution in [-0.4, -0.2) is 23.7 Å². The van der Waals surface area contributed by atoms with Gasteiger partial charge in [0.15, 0.2) is 0 Å². The lowest BCUT2D eigenvalue weighted by Gasteiger charge is -2.33. The van der Waals surface area contributed by atoms with Crippen LogP contribution in [0.2, 0.25) is 0 Å². The van der Waals surface area contributed by atoms with E-state index in [4.69, 9.17) is 4.74 Å². The van der Waals surface area contributed by atoms with E-state index in [1.165, 1.54) is 16.3 Å². The molecule has 34 heavy (non-hydrogen) atoms. The number of fused-ring (bicyclic) bond motifs is 2. The monoisotopic (exact) mass is 451 g/mol. The zero-order valence-electron chi connectivity index (χ0n) is 19.5. The lowest BCUT2D eigenvalue weighted by Crippen LogP contribution is -2.37. The summed E-state index contributed by atoms with van der Waals surface area (Å²) in [7, 11) is 0. The minimum atomic E-state index is -0.888. The average Bonchev–Trinajstić information content (AvgIpc) is 2.86. The fourth-order valence-electron chi connectivity index (χ4n) is 5.12. The van der Waals surface area contributed by atoms with Crippen LogP contribution in [0.3, 0.4) is 0 Å². The highest BCUT2D eigenvalue weighted by molar-refractivity contribution is 5.89. The summed E-state index contributed by atoms with van der Waals surface area (Å²) < 4.78 is 6.39. The van der Waals surface area contributed by atoms with Gasteiger partial charge < -0.3 is 15.2 Å². The third kappa shape index (κ3) is 4.29. The van der Waals surface area contributed by atoms with Crippen molar-refractivity contribution in [3.05, 3.63) is 113 Å². The van der Waals surface area contributed by atoms with Crippen LogP contribution in [-0.2, 0) is 0 Å². The zero-order chi connectivity index (χ0) is 23.7. The molecule has 1 heterocycles. The third-order valence-corrected chi connectivity index (χ3v) is 6.91. The largest absolute Gasteiger partial charge is 0.489 e. The van der Waals surface area contributed by atoms with Crippen molar-refractivity contribution in [3.63, 3.8) is 0 Å². The van der Waals surface area contributed by atoms with Crippen molar-refractivity contribution in [1.82, 2.24) is 5.32 Å². The van der Waals surface area contributed by atoms with E-state index in [0.717, 1.165) is 35.4 Å². The Bertz CT molecular complexity index is 1340. The molecule has 172 valence electrons. The van der Waals surface area contributed by atoms with Gasteiger partial charge in [0.1, 0.15) is 11.9 Å². The molecule has 4 nitrogen and oxygen atoms in total. The Hall–Kier alpha value is -3.63. The summed E-state index contributed by atoms with van der Waals surface area (Å²) in [5, 5.41) is 15.6. The van der Waals surface area contributed by atoms with Gasteiger partial charge in [-0.25, -0.2) is 4.79 Å². The number of nitrogens with one attached hydrogen (secondary N) is 1. The molecule has 5 rings (SSSR count). The number of carboxylic acids is 1. The van der Waals surface area contributed by atoms with Gasteiger partial charge in [0.25, 0.3) is 0 Å². The second-order valence-corrected chi connectivity index (χ2v) is 9.14. The fourth-order valence-corrected chi connectivity index (χ4v) is 5.12. The average molecular weight is 452 g/mol. The summed E-state index contributed by atoms with van der Waals surface area (Å²) in [6.45, 7) is 4.79. The number of carbonyl (C=O) groups is 1. The van der Waals surface area contributed by atoms with E-state index < -0.39 is 5.97 Å². The summed E-state index contributed by atoms with van der Waals surface area (Å²) in [5.74, 6) is 0.176. The molecule has 1 aliphatic heterocycles. The van der Waals surface area contributed by atoms with E-state index in [0.29, 0.717) is 5.56 Å². The Labute approximate surface area is 200 Å². The number of carboxylic acid groups (broad SMARTS) is 1. The normalized spacial score (nSPS) is 18.2. The van der Waals surface area contributed by atoms with Crippen LogP contribution in [0.5, 0.6) is 5.75 Å². The summed E-state index contributed by atoms with van der Waals surface area (Å²) >= 11 is 0. The van der Waals surface area contributed by atoms with Crippen molar-refractivity contribution in [3.8, 4) is 5.75 Å². The van der Waals surface area contributed by atoms with Crippen LogP contribution < -0.4 is 10.1 Å². The Balaban J connectivity index is 1.37. The fraction of sp³-hybridized carbons (Fsp3) is 0.233. The predicted octanol–water partition coefficient (Wildman–Crippen LogP) is 6.48. The second kappa shape index (κ2) is 9.32. The minimum absolute atomic E-state index is 0.0109. The van der Waals surface area contributed by atoms with Gasteiger partial charge in [0, 0.05) is 24.1 Å². The predicted molar refractivity (Wildman–Crippen MR) is 136 cm³/mol. The topological polar surface area (TPSA) is 58.6 Å². The van der Waals surface area contributed by atoms with E-state index >= 15 is 0 Å². The first-order chi connectivity index (χ1) is 16.5. The number of aromatic carboxylic acids is 1. The quantitative estimate of drug-likeness (QED) is 0.352. The van der Waals surface area contributed by atoms with Crippen molar-refractivity contribution in [2.75, 3.05) is 6.54 Å². The molecule has 0 fully saturated rings. The van der Waals surface area contributed by atoms with Gasteiger partial charge in [-0.2, -0.15) is 0 Å². The highest BCUT2D eigenvalue weighted by Gasteiger charge is 2.30. The van der Waals surface area contributed by atoms with Crippen LogP contribution in [0.4, 0.5) is 0 Å². The Morgan fingerprint density at radius 1 is 1.03 bits per heavy atom. The molecule has 0 saturated carbocycles. The van der Waals surface area contributed by atoms with Gasteiger partial charge in [-0.1, -0.05) is 72.8 Å². The van der Waals surface area contributed by atoms with Crippen molar-refractivity contribution in [1.29, 1.82) is 0 Å². The molecule has 0 aliphatic carbocycles. The molecule has 0 amide bonds. The molecule has 0 spiro atoms. The second-order valence-electron chi connectivity index (χ2n) is 9.14. The molecule has 3 atom stereocenters. The van der Waals surface area contributed by atoms with Gasteiger partial charge in [-0.3, -0.25) is 0 Å². The Morgan fingerprint density at radius 3 is 2.62 bits per heavy atom. The van der Waals surface area contributed by atoms with Crippen molar-refractivity contribution >= 4 is 16.7 Å². The number of ether oxygens (including phenoxy) is 1. The summed E-state index contributed by atoms with van der Waals surface area (Å²) in [6, 6.07) is 29.0. The first-order valence-electron chi connectivity index (χ1n) is 11.8. The van der Waals surface area contributed by atoms with Crippen LogP contribution in [0, 0.1) is 6.92 Å². The van der Waals surface area contributed by atoms with E-state index in [-0.39, 0.29) is 18.1 Å². The molecule has 4 aromatic carbocycles. The molecule has 1 aliphatic rings. The van der Waals surface area contributed by atoms with E-state index in [1.54, 1.807) is 6.07 Å². The molecule has 0 radical (unpaired) electrons. The highest BCUT2D eigenvalue weighted by Crippen LogP contribution is 2.40. The molecule has 0 bridgehead atoms. The van der Waals surface area contributed by atoms with Crippen LogP contribution in [0.1, 0.15) is 57.9 Å². The summed E-state index contributed by atoms with van der Waals surface area (Å²) in [6.07, 6.45) is 0.842. The number of benzene rings is 4. The van der Waals surface area contributed by atoms with Crippen LogP contribution >= 0.6 is 0 Å². The highest BCUT2D eigenvalue weighted by atomic mass is 16.5. The molecule has 4 aromatic rings. The Morgan fingerprint density at radius 2 is 1.79 bits per heavy atom. The number of aryl methyl sites for hydroxylation is 1. The molecular weight excluding hydrogens is 422 g/mol. The maximum Gasteiger partial charge on any atom is 0.335 e. The molecule has 0 aromatic heterocycles. The van der Waals surface area contributed by atoms with Crippen LogP contribution in [0.25, 0.3) is 10.8 Å². The maximum absolute atomic E-state index is 11.5. The number of rotatable bonds is 6. The summed E-state index contributed by atoms with van der Waals surface area (Å²) in [4.78, 5) is 11.5. The molecular formula is C30H29NO3. The summed E-state index contributed by atoms with van der Waals surface area (Å²) in [5.41, 5.74) is 4.71. The standard InChI is InChI=1S/C30H29NO3/c1-19-16-22(14-15-24(19)30(32)33)28-17-23(34-29-13-6-5-11-27(28)29)18-31-20(2)25-12-7-9-21-8-3-4-10-26(21)25/h3-16,20,23,28,31H,17-18H2,1-2H3,(H,32,33)/t20-,23-,28+/m1/s1. The lowest BCUT2D eigenvalue weighted by molar-refractivity contribution is 0.0696. The minimum Gasteiger partial charge on any atom is -0.489 e.